The number of terminal acetylenes is 1. The van der Waals surface area contributed by atoms with Crippen LogP contribution in [0, 0.1) is 12.3 Å². The molecule has 0 saturated carbocycles. The van der Waals surface area contributed by atoms with Gasteiger partial charge < -0.3 is 9.30 Å². The highest BCUT2D eigenvalue weighted by atomic mass is 16.5. The van der Waals surface area contributed by atoms with E-state index < -0.39 is 0 Å². The third-order valence-electron chi connectivity index (χ3n) is 3.01. The highest BCUT2D eigenvalue weighted by molar-refractivity contribution is 6.01. The van der Waals surface area contributed by atoms with Gasteiger partial charge >= 0.3 is 0 Å². The fraction of sp³-hybridized carbons (Fsp3) is 0.200. The Labute approximate surface area is 111 Å². The Morgan fingerprint density at radius 2 is 2.11 bits per heavy atom. The van der Waals surface area contributed by atoms with E-state index in [9.17, 15) is 0 Å². The van der Waals surface area contributed by atoms with Gasteiger partial charge in [-0.3, -0.25) is 4.98 Å². The minimum absolute atomic E-state index is 0.342. The average molecular weight is 251 g/mol. The Kier molecular flexibility index (Phi) is 3.13. The van der Waals surface area contributed by atoms with Crippen LogP contribution in [0.25, 0.3) is 21.9 Å². The quantitative estimate of drug-likeness (QED) is 0.527. The number of hydrogen-bond acceptors (Lipinski definition) is 3. The lowest BCUT2D eigenvalue weighted by Gasteiger charge is -2.06. The summed E-state index contributed by atoms with van der Waals surface area (Å²) < 4.78 is 7.40. The van der Waals surface area contributed by atoms with Gasteiger partial charge in [-0.2, -0.15) is 0 Å². The fourth-order valence-electron chi connectivity index (χ4n) is 2.17. The molecule has 0 amide bonds. The maximum absolute atomic E-state index is 5.32. The van der Waals surface area contributed by atoms with E-state index in [1.54, 1.807) is 6.20 Å². The molecule has 0 bridgehead atoms. The van der Waals surface area contributed by atoms with E-state index >= 15 is 0 Å². The maximum Gasteiger partial charge on any atom is 0.107 e. The monoisotopic (exact) mass is 251 g/mol. The molecule has 0 aliphatic carbocycles. The van der Waals surface area contributed by atoms with Crippen LogP contribution in [-0.2, 0) is 11.3 Å². The number of nitrogens with zero attached hydrogens (tertiary/aromatic N) is 3. The SMILES string of the molecule is C#CCOCCn1cnc2cnc3ccccc3c21. The number of benzene rings is 1. The molecule has 4 heteroatoms. The number of aromatic nitrogens is 3. The summed E-state index contributed by atoms with van der Waals surface area (Å²) in [5, 5.41) is 1.11. The molecule has 0 N–H and O–H groups in total. The van der Waals surface area contributed by atoms with E-state index in [0.717, 1.165) is 28.5 Å². The van der Waals surface area contributed by atoms with Crippen molar-refractivity contribution in [1.29, 1.82) is 0 Å². The van der Waals surface area contributed by atoms with Crippen molar-refractivity contribution in [2.24, 2.45) is 0 Å². The number of para-hydroxylation sites is 1. The van der Waals surface area contributed by atoms with E-state index in [-0.39, 0.29) is 0 Å². The first-order valence-electron chi connectivity index (χ1n) is 6.10. The zero-order valence-electron chi connectivity index (χ0n) is 10.4. The third kappa shape index (κ3) is 2.16. The topological polar surface area (TPSA) is 39.9 Å². The molecule has 0 fully saturated rings. The van der Waals surface area contributed by atoms with Crippen molar-refractivity contribution >= 4 is 21.9 Å². The van der Waals surface area contributed by atoms with Crippen LogP contribution in [0.3, 0.4) is 0 Å². The fourth-order valence-corrected chi connectivity index (χ4v) is 2.17. The van der Waals surface area contributed by atoms with Gasteiger partial charge in [-0.15, -0.1) is 6.42 Å². The lowest BCUT2D eigenvalue weighted by atomic mass is 10.2. The second-order valence-electron chi connectivity index (χ2n) is 4.20. The Hall–Kier alpha value is -2.38. The van der Waals surface area contributed by atoms with Gasteiger partial charge in [-0.05, 0) is 6.07 Å². The molecule has 3 rings (SSSR count). The highest BCUT2D eigenvalue weighted by Gasteiger charge is 2.07. The summed E-state index contributed by atoms with van der Waals surface area (Å²) in [6.45, 7) is 1.65. The Morgan fingerprint density at radius 1 is 1.21 bits per heavy atom. The standard InChI is InChI=1S/C15H13N3O/c1-2-8-19-9-7-18-11-17-14-10-16-13-6-4-3-5-12(13)15(14)18/h1,3-6,10-11H,7-9H2. The van der Waals surface area contributed by atoms with Crippen molar-refractivity contribution in [1.82, 2.24) is 14.5 Å². The van der Waals surface area contributed by atoms with Crippen molar-refractivity contribution in [3.05, 3.63) is 36.8 Å². The minimum atomic E-state index is 0.342. The van der Waals surface area contributed by atoms with Crippen LogP contribution in [0.2, 0.25) is 0 Å². The minimum Gasteiger partial charge on any atom is -0.367 e. The summed E-state index contributed by atoms with van der Waals surface area (Å²) in [7, 11) is 0. The van der Waals surface area contributed by atoms with E-state index in [0.29, 0.717) is 13.2 Å². The Balaban J connectivity index is 2.01. The molecule has 0 unspecified atom stereocenters. The van der Waals surface area contributed by atoms with Crippen molar-refractivity contribution < 1.29 is 4.74 Å². The normalized spacial score (nSPS) is 10.9. The maximum atomic E-state index is 5.32. The van der Waals surface area contributed by atoms with Gasteiger partial charge in [0.2, 0.25) is 0 Å². The molecule has 0 saturated heterocycles. The van der Waals surface area contributed by atoms with Crippen LogP contribution >= 0.6 is 0 Å². The molecule has 94 valence electrons. The molecule has 3 aromatic rings. The third-order valence-corrected chi connectivity index (χ3v) is 3.01. The second kappa shape index (κ2) is 5.09. The molecular weight excluding hydrogens is 238 g/mol. The zero-order chi connectivity index (χ0) is 13.1. The molecule has 1 aromatic carbocycles. The van der Waals surface area contributed by atoms with Crippen LogP contribution in [0.1, 0.15) is 0 Å². The summed E-state index contributed by atoms with van der Waals surface area (Å²) >= 11 is 0. The summed E-state index contributed by atoms with van der Waals surface area (Å²) in [6, 6.07) is 8.06. The first-order valence-corrected chi connectivity index (χ1v) is 6.10. The number of rotatable bonds is 4. The van der Waals surface area contributed by atoms with Crippen molar-refractivity contribution in [2.75, 3.05) is 13.2 Å². The van der Waals surface area contributed by atoms with E-state index in [1.165, 1.54) is 0 Å². The van der Waals surface area contributed by atoms with Gasteiger partial charge in [0.15, 0.2) is 0 Å². The van der Waals surface area contributed by atoms with Crippen molar-refractivity contribution in [2.45, 2.75) is 6.54 Å². The molecule has 4 nitrogen and oxygen atoms in total. The van der Waals surface area contributed by atoms with Gasteiger partial charge in [-0.1, -0.05) is 24.1 Å². The average Bonchev–Trinajstić information content (AvgIpc) is 2.87. The van der Waals surface area contributed by atoms with Gasteiger partial charge in [0.25, 0.3) is 0 Å². The largest absolute Gasteiger partial charge is 0.367 e. The number of ether oxygens (including phenoxy) is 1. The smallest absolute Gasteiger partial charge is 0.107 e. The molecule has 0 aliphatic rings. The lowest BCUT2D eigenvalue weighted by molar-refractivity contribution is 0.158. The number of hydrogen-bond donors (Lipinski definition) is 0. The van der Waals surface area contributed by atoms with Crippen LogP contribution in [0.15, 0.2) is 36.8 Å². The van der Waals surface area contributed by atoms with Crippen LogP contribution in [0.4, 0.5) is 0 Å². The van der Waals surface area contributed by atoms with Gasteiger partial charge in [0, 0.05) is 11.9 Å². The van der Waals surface area contributed by atoms with Crippen LogP contribution in [-0.4, -0.2) is 27.7 Å². The molecule has 0 spiro atoms. The van der Waals surface area contributed by atoms with Gasteiger partial charge in [0.1, 0.15) is 12.1 Å². The van der Waals surface area contributed by atoms with Crippen molar-refractivity contribution in [3.63, 3.8) is 0 Å². The lowest BCUT2D eigenvalue weighted by Crippen LogP contribution is -2.05. The van der Waals surface area contributed by atoms with Crippen LogP contribution < -0.4 is 0 Å². The molecular formula is C15H13N3O. The predicted molar refractivity (Wildman–Crippen MR) is 74.7 cm³/mol. The summed E-state index contributed by atoms with van der Waals surface area (Å²) in [5.41, 5.74) is 2.96. The van der Waals surface area contributed by atoms with Crippen LogP contribution in [0.5, 0.6) is 0 Å². The predicted octanol–water partition coefficient (Wildman–Crippen LogP) is 2.23. The summed E-state index contributed by atoms with van der Waals surface area (Å²) in [6.07, 6.45) is 8.77. The van der Waals surface area contributed by atoms with E-state index in [4.69, 9.17) is 11.2 Å². The number of fused-ring (bicyclic) bond motifs is 3. The summed E-state index contributed by atoms with van der Waals surface area (Å²) in [4.78, 5) is 8.77. The Bertz CT molecular complexity index is 755. The number of imidazole rings is 1. The van der Waals surface area contributed by atoms with E-state index in [1.807, 2.05) is 24.5 Å². The van der Waals surface area contributed by atoms with Gasteiger partial charge in [0.05, 0.1) is 30.2 Å². The van der Waals surface area contributed by atoms with Crippen molar-refractivity contribution in [3.8, 4) is 12.3 Å². The molecule has 2 aromatic heterocycles. The number of pyridine rings is 1. The second-order valence-corrected chi connectivity index (χ2v) is 4.20. The van der Waals surface area contributed by atoms with Gasteiger partial charge in [-0.25, -0.2) is 4.98 Å². The molecule has 2 heterocycles. The molecule has 0 atom stereocenters. The molecule has 0 aliphatic heterocycles. The first kappa shape index (κ1) is 11.7. The first-order chi connectivity index (χ1) is 9.40. The Morgan fingerprint density at radius 3 is 3.00 bits per heavy atom. The molecule has 0 radical (unpaired) electrons. The zero-order valence-corrected chi connectivity index (χ0v) is 10.4. The highest BCUT2D eigenvalue weighted by Crippen LogP contribution is 2.22. The van der Waals surface area contributed by atoms with E-state index in [2.05, 4.69) is 26.5 Å². The summed E-state index contributed by atoms with van der Waals surface area (Å²) in [5.74, 6) is 2.46. The molecule has 19 heavy (non-hydrogen) atoms.